The van der Waals surface area contributed by atoms with Gasteiger partial charge in [0.25, 0.3) is 0 Å². The smallest absolute Gasteiger partial charge is 0.152 e. The van der Waals surface area contributed by atoms with Gasteiger partial charge in [-0.05, 0) is 36.2 Å². The van der Waals surface area contributed by atoms with Crippen LogP contribution in [0.1, 0.15) is 31.1 Å². The quantitative estimate of drug-likeness (QED) is 0.682. The number of nitrogens with zero attached hydrogens (tertiary/aromatic N) is 4. The lowest BCUT2D eigenvalue weighted by Crippen LogP contribution is -2.21. The van der Waals surface area contributed by atoms with Gasteiger partial charge in [-0.25, -0.2) is 4.68 Å². The number of rotatable bonds is 3. The molecule has 0 aromatic carbocycles. The lowest BCUT2D eigenvalue weighted by Gasteiger charge is -2.25. The minimum atomic E-state index is 0.543. The van der Waals surface area contributed by atoms with Crippen LogP contribution in [0.25, 0.3) is 0 Å². The second-order valence-corrected chi connectivity index (χ2v) is 3.16. The summed E-state index contributed by atoms with van der Waals surface area (Å²) in [5.74, 6) is 0.933. The highest BCUT2D eigenvalue weighted by Gasteiger charge is 2.22. The first-order valence-corrected chi connectivity index (χ1v) is 4.38. The number of hydrogen-bond donors (Lipinski definition) is 1. The third kappa shape index (κ3) is 1.20. The van der Waals surface area contributed by atoms with E-state index in [2.05, 4.69) is 15.5 Å². The Balaban J connectivity index is 2.12. The van der Waals surface area contributed by atoms with Crippen LogP contribution in [-0.2, 0) is 6.42 Å². The van der Waals surface area contributed by atoms with Gasteiger partial charge in [0.05, 0.1) is 6.04 Å². The number of tetrazole rings is 1. The van der Waals surface area contributed by atoms with Gasteiger partial charge in [0.1, 0.15) is 0 Å². The van der Waals surface area contributed by atoms with Crippen LogP contribution in [0.3, 0.4) is 0 Å². The number of nitrogens with two attached hydrogens (primary N) is 1. The topological polar surface area (TPSA) is 69.6 Å². The summed E-state index contributed by atoms with van der Waals surface area (Å²) in [5.41, 5.74) is 5.44. The van der Waals surface area contributed by atoms with Gasteiger partial charge in [-0.2, -0.15) is 0 Å². The molecular formula is C7H13N5. The van der Waals surface area contributed by atoms with Crippen LogP contribution in [0.5, 0.6) is 0 Å². The third-order valence-electron chi connectivity index (χ3n) is 2.35. The van der Waals surface area contributed by atoms with Crippen LogP contribution in [0.2, 0.25) is 0 Å². The van der Waals surface area contributed by atoms with Crippen LogP contribution < -0.4 is 5.73 Å². The molecule has 1 heterocycles. The zero-order chi connectivity index (χ0) is 8.39. The van der Waals surface area contributed by atoms with E-state index in [0.29, 0.717) is 12.6 Å². The fourth-order valence-corrected chi connectivity index (χ4v) is 1.42. The largest absolute Gasteiger partial charge is 0.330 e. The first kappa shape index (κ1) is 7.67. The molecule has 0 spiro atoms. The number of hydrogen-bond acceptors (Lipinski definition) is 4. The Hall–Kier alpha value is -0.970. The molecule has 1 aliphatic carbocycles. The molecule has 1 saturated carbocycles. The molecule has 0 amide bonds. The molecule has 0 unspecified atom stereocenters. The molecule has 12 heavy (non-hydrogen) atoms. The molecule has 1 aliphatic rings. The van der Waals surface area contributed by atoms with Gasteiger partial charge < -0.3 is 5.73 Å². The maximum Gasteiger partial charge on any atom is 0.152 e. The van der Waals surface area contributed by atoms with Gasteiger partial charge in [0.2, 0.25) is 0 Å². The summed E-state index contributed by atoms with van der Waals surface area (Å²) in [6, 6.07) is 0.543. The van der Waals surface area contributed by atoms with Crippen molar-refractivity contribution in [3.63, 3.8) is 0 Å². The lowest BCUT2D eigenvalue weighted by atomic mass is 9.93. The molecule has 5 nitrogen and oxygen atoms in total. The summed E-state index contributed by atoms with van der Waals surface area (Å²) in [7, 11) is 0. The maximum atomic E-state index is 5.44. The van der Waals surface area contributed by atoms with Gasteiger partial charge in [-0.15, -0.1) is 5.10 Å². The van der Waals surface area contributed by atoms with Crippen molar-refractivity contribution in [2.75, 3.05) is 6.54 Å². The van der Waals surface area contributed by atoms with E-state index >= 15 is 0 Å². The number of aromatic nitrogens is 4. The highest BCUT2D eigenvalue weighted by molar-refractivity contribution is 4.87. The summed E-state index contributed by atoms with van der Waals surface area (Å²) < 4.78 is 1.93. The van der Waals surface area contributed by atoms with Crippen molar-refractivity contribution in [2.24, 2.45) is 5.73 Å². The summed E-state index contributed by atoms with van der Waals surface area (Å²) in [6.45, 7) is 0.618. The van der Waals surface area contributed by atoms with E-state index in [0.717, 1.165) is 12.2 Å². The molecular weight excluding hydrogens is 154 g/mol. The Morgan fingerprint density at radius 3 is 2.92 bits per heavy atom. The minimum absolute atomic E-state index is 0.543. The van der Waals surface area contributed by atoms with E-state index in [1.807, 2.05) is 4.68 Å². The standard InChI is InChI=1S/C7H13N5/c8-5-4-7-9-10-11-12(7)6-2-1-3-6/h6H,1-5,8H2. The van der Waals surface area contributed by atoms with E-state index in [1.165, 1.54) is 19.3 Å². The van der Waals surface area contributed by atoms with Gasteiger partial charge >= 0.3 is 0 Å². The van der Waals surface area contributed by atoms with Crippen molar-refractivity contribution in [2.45, 2.75) is 31.7 Å². The molecule has 0 radical (unpaired) electrons. The maximum absolute atomic E-state index is 5.44. The Labute approximate surface area is 70.9 Å². The van der Waals surface area contributed by atoms with Crippen molar-refractivity contribution in [1.29, 1.82) is 0 Å². The summed E-state index contributed by atoms with van der Waals surface area (Å²) in [6.07, 6.45) is 4.50. The minimum Gasteiger partial charge on any atom is -0.330 e. The van der Waals surface area contributed by atoms with E-state index in [-0.39, 0.29) is 0 Å². The monoisotopic (exact) mass is 167 g/mol. The van der Waals surface area contributed by atoms with Gasteiger partial charge in [0.15, 0.2) is 5.82 Å². The van der Waals surface area contributed by atoms with Crippen LogP contribution in [0.4, 0.5) is 0 Å². The van der Waals surface area contributed by atoms with Gasteiger partial charge in [-0.1, -0.05) is 0 Å². The van der Waals surface area contributed by atoms with Gasteiger partial charge in [0, 0.05) is 6.42 Å². The Bertz CT molecular complexity index is 252. The molecule has 0 atom stereocenters. The molecule has 1 aromatic heterocycles. The average molecular weight is 167 g/mol. The predicted molar refractivity (Wildman–Crippen MR) is 43.5 cm³/mol. The fraction of sp³-hybridized carbons (Fsp3) is 0.857. The first-order chi connectivity index (χ1) is 5.92. The molecule has 2 N–H and O–H groups in total. The van der Waals surface area contributed by atoms with Crippen molar-refractivity contribution >= 4 is 0 Å². The zero-order valence-electron chi connectivity index (χ0n) is 6.98. The zero-order valence-corrected chi connectivity index (χ0v) is 6.98. The molecule has 66 valence electrons. The molecule has 2 rings (SSSR count). The average Bonchev–Trinajstić information content (AvgIpc) is 2.35. The van der Waals surface area contributed by atoms with Crippen LogP contribution in [0, 0.1) is 0 Å². The second kappa shape index (κ2) is 3.18. The van der Waals surface area contributed by atoms with Crippen molar-refractivity contribution in [3.05, 3.63) is 5.82 Å². The SMILES string of the molecule is NCCc1nnnn1C1CCC1. The highest BCUT2D eigenvalue weighted by atomic mass is 15.5. The van der Waals surface area contributed by atoms with Crippen LogP contribution >= 0.6 is 0 Å². The molecule has 1 aromatic rings. The fourth-order valence-electron chi connectivity index (χ4n) is 1.42. The Morgan fingerprint density at radius 1 is 1.50 bits per heavy atom. The molecule has 5 heteroatoms. The van der Waals surface area contributed by atoms with Crippen molar-refractivity contribution in [3.8, 4) is 0 Å². The molecule has 0 bridgehead atoms. The second-order valence-electron chi connectivity index (χ2n) is 3.16. The van der Waals surface area contributed by atoms with Crippen LogP contribution in [-0.4, -0.2) is 26.8 Å². The first-order valence-electron chi connectivity index (χ1n) is 4.38. The molecule has 0 saturated heterocycles. The molecule has 1 fully saturated rings. The Morgan fingerprint density at radius 2 is 2.33 bits per heavy atom. The summed E-state index contributed by atoms with van der Waals surface area (Å²) in [5, 5.41) is 11.5. The Kier molecular flexibility index (Phi) is 2.03. The van der Waals surface area contributed by atoms with Crippen molar-refractivity contribution < 1.29 is 0 Å². The normalized spacial score (nSPS) is 17.8. The predicted octanol–water partition coefficient (Wildman–Crippen LogP) is -0.101. The summed E-state index contributed by atoms with van der Waals surface area (Å²) >= 11 is 0. The summed E-state index contributed by atoms with van der Waals surface area (Å²) in [4.78, 5) is 0. The van der Waals surface area contributed by atoms with E-state index in [1.54, 1.807) is 0 Å². The van der Waals surface area contributed by atoms with E-state index in [4.69, 9.17) is 5.73 Å². The van der Waals surface area contributed by atoms with Crippen molar-refractivity contribution in [1.82, 2.24) is 20.2 Å². The molecule has 0 aliphatic heterocycles. The van der Waals surface area contributed by atoms with E-state index < -0.39 is 0 Å². The van der Waals surface area contributed by atoms with E-state index in [9.17, 15) is 0 Å². The lowest BCUT2D eigenvalue weighted by molar-refractivity contribution is 0.277. The highest BCUT2D eigenvalue weighted by Crippen LogP contribution is 2.30. The van der Waals surface area contributed by atoms with Gasteiger partial charge in [-0.3, -0.25) is 0 Å². The van der Waals surface area contributed by atoms with Crippen LogP contribution in [0.15, 0.2) is 0 Å². The third-order valence-corrected chi connectivity index (χ3v) is 2.35.